The SMILES string of the molecule is CC(C)CCN(C)CC(O)CN1CCN(C)CC1. The zero-order valence-electron chi connectivity index (χ0n) is 12.6. The molecule has 1 rings (SSSR count). The molecule has 1 unspecified atom stereocenters. The molecule has 0 bridgehead atoms. The Morgan fingerprint density at radius 2 is 1.78 bits per heavy atom. The molecule has 0 aliphatic carbocycles. The minimum atomic E-state index is -0.217. The van der Waals surface area contributed by atoms with Gasteiger partial charge < -0.3 is 14.9 Å². The molecule has 1 atom stereocenters. The normalized spacial score (nSPS) is 20.8. The van der Waals surface area contributed by atoms with Gasteiger partial charge in [-0.15, -0.1) is 0 Å². The van der Waals surface area contributed by atoms with E-state index in [1.54, 1.807) is 0 Å². The summed E-state index contributed by atoms with van der Waals surface area (Å²) >= 11 is 0. The summed E-state index contributed by atoms with van der Waals surface area (Å²) in [6.45, 7) is 11.6. The minimum absolute atomic E-state index is 0.217. The average Bonchev–Trinajstić information content (AvgIpc) is 2.29. The van der Waals surface area contributed by atoms with Crippen molar-refractivity contribution in [3.8, 4) is 0 Å². The second-order valence-electron chi connectivity index (χ2n) is 6.20. The highest BCUT2D eigenvalue weighted by molar-refractivity contribution is 4.73. The number of piperazine rings is 1. The van der Waals surface area contributed by atoms with Gasteiger partial charge in [0.15, 0.2) is 0 Å². The Morgan fingerprint density at radius 1 is 1.17 bits per heavy atom. The van der Waals surface area contributed by atoms with Gasteiger partial charge in [0.2, 0.25) is 0 Å². The molecule has 0 amide bonds. The zero-order chi connectivity index (χ0) is 13.5. The number of nitrogens with zero attached hydrogens (tertiary/aromatic N) is 3. The Kier molecular flexibility index (Phi) is 7.15. The third kappa shape index (κ3) is 6.69. The summed E-state index contributed by atoms with van der Waals surface area (Å²) in [7, 11) is 4.27. The van der Waals surface area contributed by atoms with Crippen LogP contribution in [0.25, 0.3) is 0 Å². The summed E-state index contributed by atoms with van der Waals surface area (Å²) in [4.78, 5) is 6.97. The molecular formula is C14H31N3O. The van der Waals surface area contributed by atoms with Gasteiger partial charge in [-0.2, -0.15) is 0 Å². The number of aliphatic hydroxyl groups is 1. The van der Waals surface area contributed by atoms with Crippen LogP contribution in [-0.4, -0.2) is 85.8 Å². The lowest BCUT2D eigenvalue weighted by molar-refractivity contribution is 0.0599. The van der Waals surface area contributed by atoms with Crippen molar-refractivity contribution in [3.63, 3.8) is 0 Å². The van der Waals surface area contributed by atoms with Gasteiger partial charge in [-0.3, -0.25) is 4.90 Å². The Balaban J connectivity index is 2.14. The predicted octanol–water partition coefficient (Wildman–Crippen LogP) is 0.573. The van der Waals surface area contributed by atoms with E-state index in [0.29, 0.717) is 0 Å². The predicted molar refractivity (Wildman–Crippen MR) is 76.9 cm³/mol. The fraction of sp³-hybridized carbons (Fsp3) is 1.00. The molecule has 1 fully saturated rings. The Hall–Kier alpha value is -0.160. The van der Waals surface area contributed by atoms with Crippen molar-refractivity contribution in [1.82, 2.24) is 14.7 Å². The highest BCUT2D eigenvalue weighted by atomic mass is 16.3. The molecule has 1 aliphatic heterocycles. The first kappa shape index (κ1) is 15.9. The van der Waals surface area contributed by atoms with Crippen molar-refractivity contribution in [2.45, 2.75) is 26.4 Å². The average molecular weight is 257 g/mol. The van der Waals surface area contributed by atoms with Crippen molar-refractivity contribution < 1.29 is 5.11 Å². The fourth-order valence-corrected chi connectivity index (χ4v) is 2.32. The lowest BCUT2D eigenvalue weighted by Crippen LogP contribution is -2.48. The van der Waals surface area contributed by atoms with Gasteiger partial charge in [-0.05, 0) is 33.0 Å². The number of hydrogen-bond donors (Lipinski definition) is 1. The van der Waals surface area contributed by atoms with E-state index in [1.807, 2.05) is 0 Å². The lowest BCUT2D eigenvalue weighted by atomic mass is 10.1. The van der Waals surface area contributed by atoms with Crippen LogP contribution in [0.5, 0.6) is 0 Å². The molecule has 1 saturated heterocycles. The molecule has 0 aromatic rings. The van der Waals surface area contributed by atoms with Crippen LogP contribution in [0.4, 0.5) is 0 Å². The summed E-state index contributed by atoms with van der Waals surface area (Å²) in [5.74, 6) is 0.738. The summed E-state index contributed by atoms with van der Waals surface area (Å²) in [5.41, 5.74) is 0. The lowest BCUT2D eigenvalue weighted by Gasteiger charge is -2.34. The van der Waals surface area contributed by atoms with Crippen molar-refractivity contribution in [2.24, 2.45) is 5.92 Å². The number of β-amino-alcohol motifs (C(OH)–C–C–N with tert-alkyl or cyclic N) is 1. The van der Waals surface area contributed by atoms with Crippen LogP contribution in [-0.2, 0) is 0 Å². The quantitative estimate of drug-likeness (QED) is 0.722. The third-order valence-electron chi connectivity index (χ3n) is 3.68. The first-order valence-electron chi connectivity index (χ1n) is 7.25. The van der Waals surface area contributed by atoms with Gasteiger partial charge in [0.1, 0.15) is 0 Å². The molecule has 1 aliphatic rings. The number of likely N-dealkylation sites (N-methyl/N-ethyl adjacent to an activating group) is 2. The summed E-state index contributed by atoms with van der Waals surface area (Å²) in [5, 5.41) is 10.1. The van der Waals surface area contributed by atoms with Crippen LogP contribution in [0.15, 0.2) is 0 Å². The van der Waals surface area contributed by atoms with Crippen LogP contribution in [0, 0.1) is 5.92 Å². The monoisotopic (exact) mass is 257 g/mol. The van der Waals surface area contributed by atoms with Crippen molar-refractivity contribution in [2.75, 3.05) is 59.9 Å². The van der Waals surface area contributed by atoms with Crippen LogP contribution in [0.1, 0.15) is 20.3 Å². The van der Waals surface area contributed by atoms with E-state index in [1.165, 1.54) is 6.42 Å². The van der Waals surface area contributed by atoms with Gasteiger partial charge in [0.25, 0.3) is 0 Å². The molecule has 108 valence electrons. The van der Waals surface area contributed by atoms with Gasteiger partial charge in [0.05, 0.1) is 6.10 Å². The first-order chi connectivity index (χ1) is 8.47. The zero-order valence-corrected chi connectivity index (χ0v) is 12.6. The van der Waals surface area contributed by atoms with E-state index in [-0.39, 0.29) is 6.10 Å². The maximum Gasteiger partial charge on any atom is 0.0793 e. The first-order valence-corrected chi connectivity index (χ1v) is 7.25. The minimum Gasteiger partial charge on any atom is -0.390 e. The number of hydrogen-bond acceptors (Lipinski definition) is 4. The molecule has 0 aromatic carbocycles. The van der Waals surface area contributed by atoms with Crippen LogP contribution >= 0.6 is 0 Å². The Labute approximate surface area is 113 Å². The van der Waals surface area contributed by atoms with E-state index >= 15 is 0 Å². The number of rotatable bonds is 7. The van der Waals surface area contributed by atoms with Gasteiger partial charge >= 0.3 is 0 Å². The van der Waals surface area contributed by atoms with Gasteiger partial charge in [0, 0.05) is 39.3 Å². The molecular weight excluding hydrogens is 226 g/mol. The molecule has 0 radical (unpaired) electrons. The van der Waals surface area contributed by atoms with Crippen molar-refractivity contribution in [3.05, 3.63) is 0 Å². The maximum absolute atomic E-state index is 10.1. The molecule has 0 spiro atoms. The van der Waals surface area contributed by atoms with E-state index in [0.717, 1.165) is 51.7 Å². The van der Waals surface area contributed by atoms with E-state index in [9.17, 15) is 5.11 Å². The van der Waals surface area contributed by atoms with Crippen LogP contribution in [0.2, 0.25) is 0 Å². The Bertz CT molecular complexity index is 215. The number of aliphatic hydroxyl groups excluding tert-OH is 1. The smallest absolute Gasteiger partial charge is 0.0793 e. The molecule has 1 heterocycles. The van der Waals surface area contributed by atoms with E-state index in [4.69, 9.17) is 0 Å². The van der Waals surface area contributed by atoms with Gasteiger partial charge in [-0.25, -0.2) is 0 Å². The molecule has 1 N–H and O–H groups in total. The standard InChI is InChI=1S/C14H31N3O/c1-13(2)5-6-16(4)11-14(18)12-17-9-7-15(3)8-10-17/h13-14,18H,5-12H2,1-4H3. The topological polar surface area (TPSA) is 30.0 Å². The van der Waals surface area contributed by atoms with Gasteiger partial charge in [-0.1, -0.05) is 13.8 Å². The summed E-state index contributed by atoms with van der Waals surface area (Å²) in [6.07, 6.45) is 0.989. The third-order valence-corrected chi connectivity index (χ3v) is 3.68. The Morgan fingerprint density at radius 3 is 2.33 bits per heavy atom. The molecule has 4 heteroatoms. The van der Waals surface area contributed by atoms with Crippen LogP contribution in [0.3, 0.4) is 0 Å². The second kappa shape index (κ2) is 8.10. The van der Waals surface area contributed by atoms with Crippen LogP contribution < -0.4 is 0 Å². The molecule has 18 heavy (non-hydrogen) atoms. The highest BCUT2D eigenvalue weighted by Gasteiger charge is 2.17. The van der Waals surface area contributed by atoms with Crippen molar-refractivity contribution in [1.29, 1.82) is 0 Å². The summed E-state index contributed by atoms with van der Waals surface area (Å²) < 4.78 is 0. The van der Waals surface area contributed by atoms with E-state index < -0.39 is 0 Å². The fourth-order valence-electron chi connectivity index (χ4n) is 2.32. The highest BCUT2D eigenvalue weighted by Crippen LogP contribution is 2.04. The summed E-state index contributed by atoms with van der Waals surface area (Å²) in [6, 6.07) is 0. The second-order valence-corrected chi connectivity index (χ2v) is 6.20. The molecule has 0 saturated carbocycles. The molecule has 4 nitrogen and oxygen atoms in total. The maximum atomic E-state index is 10.1. The van der Waals surface area contributed by atoms with E-state index in [2.05, 4.69) is 42.6 Å². The van der Waals surface area contributed by atoms with Crippen molar-refractivity contribution >= 4 is 0 Å². The molecule has 0 aromatic heterocycles. The largest absolute Gasteiger partial charge is 0.390 e.